The Bertz CT molecular complexity index is 1090. The molecular weight excluding hydrogens is 441 g/mol. The lowest BCUT2D eigenvalue weighted by Gasteiger charge is -2.35. The van der Waals surface area contributed by atoms with E-state index in [0.29, 0.717) is 36.3 Å². The third kappa shape index (κ3) is 5.38. The van der Waals surface area contributed by atoms with E-state index >= 15 is 0 Å². The highest BCUT2D eigenvalue weighted by Crippen LogP contribution is 2.34. The number of piperidine rings is 2. The molecule has 1 amide bonds. The summed E-state index contributed by atoms with van der Waals surface area (Å²) >= 11 is 0. The SMILES string of the molecule is CC1CCN(c2ccc(C(=O)Nc3ccc(F)cc3)cc2S(=O)(=O)N2CCC(C)CC2)CC1. The average Bonchev–Trinajstić information content (AvgIpc) is 2.81. The molecule has 0 aliphatic carbocycles. The number of carbonyl (C=O) groups is 1. The molecule has 0 saturated carbocycles. The molecule has 178 valence electrons. The minimum atomic E-state index is -3.75. The van der Waals surface area contributed by atoms with Gasteiger partial charge in [0.25, 0.3) is 5.91 Å². The van der Waals surface area contributed by atoms with Gasteiger partial charge in [0.2, 0.25) is 10.0 Å². The molecule has 2 aliphatic heterocycles. The molecule has 1 N–H and O–H groups in total. The number of hydrogen-bond acceptors (Lipinski definition) is 4. The van der Waals surface area contributed by atoms with Crippen LogP contribution in [0.25, 0.3) is 0 Å². The quantitative estimate of drug-likeness (QED) is 0.681. The second-order valence-electron chi connectivity index (χ2n) is 9.40. The number of nitrogens with one attached hydrogen (secondary N) is 1. The Hall–Kier alpha value is -2.45. The highest BCUT2D eigenvalue weighted by molar-refractivity contribution is 7.89. The van der Waals surface area contributed by atoms with E-state index in [-0.39, 0.29) is 10.5 Å². The molecular formula is C25H32FN3O3S. The highest BCUT2D eigenvalue weighted by atomic mass is 32.2. The summed E-state index contributed by atoms with van der Waals surface area (Å²) in [6, 6.07) is 10.4. The fourth-order valence-electron chi connectivity index (χ4n) is 4.47. The molecule has 2 aromatic rings. The van der Waals surface area contributed by atoms with Gasteiger partial charge in [-0.2, -0.15) is 4.31 Å². The first-order valence-electron chi connectivity index (χ1n) is 11.7. The first kappa shape index (κ1) is 23.7. The van der Waals surface area contributed by atoms with Crippen LogP contribution in [0.1, 0.15) is 49.9 Å². The Kier molecular flexibility index (Phi) is 7.05. The van der Waals surface area contributed by atoms with Gasteiger partial charge in [-0.25, -0.2) is 12.8 Å². The number of halogens is 1. The van der Waals surface area contributed by atoms with E-state index in [1.54, 1.807) is 16.4 Å². The van der Waals surface area contributed by atoms with E-state index in [4.69, 9.17) is 0 Å². The van der Waals surface area contributed by atoms with Crippen molar-refractivity contribution in [3.63, 3.8) is 0 Å². The van der Waals surface area contributed by atoms with Crippen LogP contribution in [0, 0.1) is 17.7 Å². The van der Waals surface area contributed by atoms with Gasteiger partial charge in [0.05, 0.1) is 5.69 Å². The van der Waals surface area contributed by atoms with E-state index in [1.807, 2.05) is 0 Å². The Morgan fingerprint density at radius 1 is 0.909 bits per heavy atom. The van der Waals surface area contributed by atoms with Crippen LogP contribution in [0.15, 0.2) is 47.4 Å². The van der Waals surface area contributed by atoms with Crippen molar-refractivity contribution in [3.05, 3.63) is 53.8 Å². The summed E-state index contributed by atoms with van der Waals surface area (Å²) in [6.45, 7) is 6.93. The number of anilines is 2. The molecule has 2 aliphatic rings. The van der Waals surface area contributed by atoms with E-state index < -0.39 is 21.7 Å². The number of rotatable bonds is 5. The van der Waals surface area contributed by atoms with Gasteiger partial charge in [-0.05, 0) is 80.0 Å². The number of nitrogens with zero attached hydrogens (tertiary/aromatic N) is 2. The number of carbonyl (C=O) groups excluding carboxylic acids is 1. The second kappa shape index (κ2) is 9.81. The van der Waals surface area contributed by atoms with Crippen LogP contribution in [0.2, 0.25) is 0 Å². The zero-order valence-electron chi connectivity index (χ0n) is 19.3. The van der Waals surface area contributed by atoms with Gasteiger partial charge in [0.1, 0.15) is 10.7 Å². The van der Waals surface area contributed by atoms with Crippen molar-refractivity contribution in [3.8, 4) is 0 Å². The molecule has 8 heteroatoms. The van der Waals surface area contributed by atoms with Crippen LogP contribution in [0.5, 0.6) is 0 Å². The Morgan fingerprint density at radius 3 is 2.09 bits per heavy atom. The minimum absolute atomic E-state index is 0.193. The number of amides is 1. The first-order valence-corrected chi connectivity index (χ1v) is 13.1. The van der Waals surface area contributed by atoms with Gasteiger partial charge >= 0.3 is 0 Å². The van der Waals surface area contributed by atoms with Crippen molar-refractivity contribution in [2.45, 2.75) is 44.4 Å². The van der Waals surface area contributed by atoms with Crippen LogP contribution in [0.4, 0.5) is 15.8 Å². The molecule has 0 bridgehead atoms. The predicted molar refractivity (Wildman–Crippen MR) is 129 cm³/mol. The second-order valence-corrected chi connectivity index (χ2v) is 11.3. The molecule has 2 aromatic carbocycles. The number of benzene rings is 2. The predicted octanol–water partition coefficient (Wildman–Crippen LogP) is 4.73. The topological polar surface area (TPSA) is 69.7 Å². The van der Waals surface area contributed by atoms with Crippen molar-refractivity contribution in [2.24, 2.45) is 11.8 Å². The fraction of sp³-hybridized carbons (Fsp3) is 0.480. The lowest BCUT2D eigenvalue weighted by molar-refractivity contribution is 0.102. The largest absolute Gasteiger partial charge is 0.370 e. The van der Waals surface area contributed by atoms with Crippen LogP contribution in [-0.4, -0.2) is 44.8 Å². The molecule has 0 unspecified atom stereocenters. The molecule has 0 radical (unpaired) electrons. The summed E-state index contributed by atoms with van der Waals surface area (Å²) in [5, 5.41) is 2.73. The third-order valence-corrected chi connectivity index (χ3v) is 8.74. The van der Waals surface area contributed by atoms with E-state index in [0.717, 1.165) is 38.8 Å². The molecule has 33 heavy (non-hydrogen) atoms. The van der Waals surface area contributed by atoms with E-state index in [2.05, 4.69) is 24.1 Å². The average molecular weight is 474 g/mol. The molecule has 0 atom stereocenters. The van der Waals surface area contributed by atoms with Crippen molar-refractivity contribution in [1.82, 2.24) is 4.31 Å². The van der Waals surface area contributed by atoms with Crippen molar-refractivity contribution >= 4 is 27.3 Å². The monoisotopic (exact) mass is 473 g/mol. The van der Waals surface area contributed by atoms with Gasteiger partial charge < -0.3 is 10.2 Å². The standard InChI is InChI=1S/C25H32FN3O3S/c1-18-9-13-28(14-10-18)23-8-3-20(25(30)27-22-6-4-21(26)5-7-22)17-24(23)33(31,32)29-15-11-19(2)12-16-29/h3-8,17-19H,9-16H2,1-2H3,(H,27,30). The van der Waals surface area contributed by atoms with Gasteiger partial charge in [-0.15, -0.1) is 0 Å². The van der Waals surface area contributed by atoms with Crippen molar-refractivity contribution < 1.29 is 17.6 Å². The summed E-state index contributed by atoms with van der Waals surface area (Å²) < 4.78 is 42.2. The van der Waals surface area contributed by atoms with E-state index in [1.165, 1.54) is 30.3 Å². The highest BCUT2D eigenvalue weighted by Gasteiger charge is 2.32. The normalized spacial score (nSPS) is 18.9. The smallest absolute Gasteiger partial charge is 0.255 e. The number of hydrogen-bond donors (Lipinski definition) is 1. The van der Waals surface area contributed by atoms with Crippen LogP contribution < -0.4 is 10.2 Å². The third-order valence-electron chi connectivity index (χ3n) is 6.81. The van der Waals surface area contributed by atoms with E-state index in [9.17, 15) is 17.6 Å². The Morgan fingerprint density at radius 2 is 1.48 bits per heavy atom. The maximum absolute atomic E-state index is 13.7. The minimum Gasteiger partial charge on any atom is -0.370 e. The molecule has 0 aromatic heterocycles. The molecule has 4 rings (SSSR count). The molecule has 2 saturated heterocycles. The van der Waals surface area contributed by atoms with Gasteiger partial charge in [-0.3, -0.25) is 4.79 Å². The fourth-order valence-corrected chi connectivity index (χ4v) is 6.18. The lowest BCUT2D eigenvalue weighted by Crippen LogP contribution is -2.39. The van der Waals surface area contributed by atoms with Gasteiger partial charge in [-0.1, -0.05) is 13.8 Å². The molecule has 2 heterocycles. The summed E-state index contributed by atoms with van der Waals surface area (Å²) in [5.41, 5.74) is 1.38. The molecule has 2 fully saturated rings. The summed E-state index contributed by atoms with van der Waals surface area (Å²) in [6.07, 6.45) is 3.68. The van der Waals surface area contributed by atoms with Crippen molar-refractivity contribution in [2.75, 3.05) is 36.4 Å². The summed E-state index contributed by atoms with van der Waals surface area (Å²) in [5.74, 6) is 0.305. The Labute approximate surface area is 195 Å². The maximum Gasteiger partial charge on any atom is 0.255 e. The van der Waals surface area contributed by atoms with Crippen LogP contribution >= 0.6 is 0 Å². The zero-order chi connectivity index (χ0) is 23.6. The van der Waals surface area contributed by atoms with Crippen molar-refractivity contribution in [1.29, 1.82) is 0 Å². The Balaban J connectivity index is 1.67. The summed E-state index contributed by atoms with van der Waals surface area (Å²) in [4.78, 5) is 15.2. The first-order chi connectivity index (χ1) is 15.7. The molecule has 0 spiro atoms. The summed E-state index contributed by atoms with van der Waals surface area (Å²) in [7, 11) is -3.75. The van der Waals surface area contributed by atoms with Crippen LogP contribution in [-0.2, 0) is 10.0 Å². The zero-order valence-corrected chi connectivity index (χ0v) is 20.1. The van der Waals surface area contributed by atoms with Gasteiger partial charge in [0.15, 0.2) is 0 Å². The maximum atomic E-state index is 13.7. The van der Waals surface area contributed by atoms with Crippen LogP contribution in [0.3, 0.4) is 0 Å². The van der Waals surface area contributed by atoms with Gasteiger partial charge in [0, 0.05) is 37.4 Å². The molecule has 6 nitrogen and oxygen atoms in total. The lowest BCUT2D eigenvalue weighted by atomic mass is 9.98. The number of sulfonamides is 1.